The van der Waals surface area contributed by atoms with Crippen LogP contribution in [0.15, 0.2) is 58.8 Å². The fraction of sp³-hybridized carbons (Fsp3) is 0.111. The number of thioether (sulfide) groups is 1. The number of nitrogens with zero attached hydrogens (tertiary/aromatic N) is 1. The molecule has 0 unspecified atom stereocenters. The maximum absolute atomic E-state index is 12.2. The molecule has 1 amide bonds. The first-order valence-corrected chi connectivity index (χ1v) is 9.77. The normalized spacial score (nSPS) is 10.6. The molecule has 3 rings (SSSR count). The first-order valence-electron chi connectivity index (χ1n) is 7.29. The summed E-state index contributed by atoms with van der Waals surface area (Å²) in [7, 11) is 0. The lowest BCUT2D eigenvalue weighted by Crippen LogP contribution is -2.14. The number of carbonyl (C=O) groups excluding carboxylic acids is 1. The molecule has 1 heterocycles. The zero-order valence-corrected chi connectivity index (χ0v) is 15.3. The lowest BCUT2D eigenvalue weighted by atomic mass is 10.2. The number of halogens is 1. The van der Waals surface area contributed by atoms with Gasteiger partial charge in [-0.2, -0.15) is 0 Å². The monoisotopic (exact) mass is 374 g/mol. The minimum Gasteiger partial charge on any atom is -0.326 e. The predicted octanol–water partition coefficient (Wildman–Crippen LogP) is 5.37. The Morgan fingerprint density at radius 2 is 1.96 bits per heavy atom. The lowest BCUT2D eigenvalue weighted by Gasteiger charge is -2.04. The highest BCUT2D eigenvalue weighted by atomic mass is 35.5. The van der Waals surface area contributed by atoms with Gasteiger partial charge in [0.1, 0.15) is 5.01 Å². The molecule has 2 aromatic carbocycles. The first kappa shape index (κ1) is 17.0. The van der Waals surface area contributed by atoms with Gasteiger partial charge in [0.25, 0.3) is 0 Å². The SMILES string of the molecule is CSc1ccc(NC(=O)Cc2csc(-c3ccccc3Cl)n2)cc1. The van der Waals surface area contributed by atoms with Gasteiger partial charge in [-0.25, -0.2) is 4.98 Å². The molecule has 0 spiro atoms. The molecule has 0 aliphatic carbocycles. The van der Waals surface area contributed by atoms with Crippen molar-refractivity contribution in [1.29, 1.82) is 0 Å². The highest BCUT2D eigenvalue weighted by Crippen LogP contribution is 2.30. The summed E-state index contributed by atoms with van der Waals surface area (Å²) in [6.45, 7) is 0. The summed E-state index contributed by atoms with van der Waals surface area (Å²) in [4.78, 5) is 17.9. The van der Waals surface area contributed by atoms with Crippen molar-refractivity contribution in [3.63, 3.8) is 0 Å². The van der Waals surface area contributed by atoms with Gasteiger partial charge in [0, 0.05) is 21.5 Å². The van der Waals surface area contributed by atoms with E-state index in [4.69, 9.17) is 11.6 Å². The molecule has 24 heavy (non-hydrogen) atoms. The zero-order chi connectivity index (χ0) is 16.9. The molecular formula is C18H15ClN2OS2. The fourth-order valence-electron chi connectivity index (χ4n) is 2.19. The number of nitrogens with one attached hydrogen (secondary N) is 1. The molecule has 3 aromatic rings. The van der Waals surface area contributed by atoms with Gasteiger partial charge in [0.05, 0.1) is 17.1 Å². The molecule has 1 N–H and O–H groups in total. The van der Waals surface area contributed by atoms with Crippen LogP contribution < -0.4 is 5.32 Å². The summed E-state index contributed by atoms with van der Waals surface area (Å²) < 4.78 is 0. The largest absolute Gasteiger partial charge is 0.326 e. The van der Waals surface area contributed by atoms with Gasteiger partial charge in [0.2, 0.25) is 5.91 Å². The van der Waals surface area contributed by atoms with E-state index in [0.717, 1.165) is 26.8 Å². The molecule has 0 saturated heterocycles. The van der Waals surface area contributed by atoms with Crippen molar-refractivity contribution in [2.45, 2.75) is 11.3 Å². The number of benzene rings is 2. The third-order valence-corrected chi connectivity index (χ3v) is 5.37. The minimum atomic E-state index is -0.0806. The second-order valence-electron chi connectivity index (χ2n) is 5.08. The number of rotatable bonds is 5. The third-order valence-electron chi connectivity index (χ3n) is 3.37. The van der Waals surface area contributed by atoms with Gasteiger partial charge in [0.15, 0.2) is 0 Å². The highest BCUT2D eigenvalue weighted by molar-refractivity contribution is 7.98. The second kappa shape index (κ2) is 7.83. The Balaban J connectivity index is 1.66. The Morgan fingerprint density at radius 3 is 2.67 bits per heavy atom. The number of thiazole rings is 1. The molecule has 0 fully saturated rings. The van der Waals surface area contributed by atoms with E-state index in [0.29, 0.717) is 5.02 Å². The summed E-state index contributed by atoms with van der Waals surface area (Å²) in [6.07, 6.45) is 2.26. The number of hydrogen-bond donors (Lipinski definition) is 1. The van der Waals surface area contributed by atoms with Gasteiger partial charge in [-0.15, -0.1) is 23.1 Å². The van der Waals surface area contributed by atoms with Crippen LogP contribution in [-0.4, -0.2) is 17.1 Å². The highest BCUT2D eigenvalue weighted by Gasteiger charge is 2.11. The van der Waals surface area contributed by atoms with Crippen LogP contribution in [0.1, 0.15) is 5.69 Å². The van der Waals surface area contributed by atoms with Crippen LogP contribution in [-0.2, 0) is 11.2 Å². The van der Waals surface area contributed by atoms with Gasteiger partial charge in [-0.05, 0) is 36.6 Å². The number of carbonyl (C=O) groups is 1. The van der Waals surface area contributed by atoms with Gasteiger partial charge in [-0.3, -0.25) is 4.79 Å². The van der Waals surface area contributed by atoms with Crippen LogP contribution in [0.5, 0.6) is 0 Å². The standard InChI is InChI=1S/C18H15ClN2OS2/c1-23-14-8-6-12(7-9-14)20-17(22)10-13-11-24-18(21-13)15-4-2-3-5-16(15)19/h2-9,11H,10H2,1H3,(H,20,22). The lowest BCUT2D eigenvalue weighted by molar-refractivity contribution is -0.115. The van der Waals surface area contributed by atoms with Crippen molar-refractivity contribution in [3.8, 4) is 10.6 Å². The average Bonchev–Trinajstić information content (AvgIpc) is 3.04. The van der Waals surface area contributed by atoms with E-state index >= 15 is 0 Å². The van der Waals surface area contributed by atoms with Crippen LogP contribution >= 0.6 is 34.7 Å². The van der Waals surface area contributed by atoms with Crippen LogP contribution in [0.3, 0.4) is 0 Å². The molecule has 3 nitrogen and oxygen atoms in total. The summed E-state index contributed by atoms with van der Waals surface area (Å²) in [5.74, 6) is -0.0806. The molecule has 1 aromatic heterocycles. The Morgan fingerprint density at radius 1 is 1.21 bits per heavy atom. The third kappa shape index (κ3) is 4.17. The van der Waals surface area contributed by atoms with Crippen LogP contribution in [0.4, 0.5) is 5.69 Å². The summed E-state index contributed by atoms with van der Waals surface area (Å²) in [5.41, 5.74) is 2.43. The minimum absolute atomic E-state index is 0.0806. The van der Waals surface area contributed by atoms with Crippen molar-refractivity contribution in [2.75, 3.05) is 11.6 Å². The summed E-state index contributed by atoms with van der Waals surface area (Å²) in [6, 6.07) is 15.3. The Hall–Kier alpha value is -1.82. The van der Waals surface area contributed by atoms with Crippen molar-refractivity contribution < 1.29 is 4.79 Å². The second-order valence-corrected chi connectivity index (χ2v) is 7.22. The van der Waals surface area contributed by atoms with E-state index in [-0.39, 0.29) is 12.3 Å². The fourth-order valence-corrected chi connectivity index (χ4v) is 3.74. The van der Waals surface area contributed by atoms with E-state index < -0.39 is 0 Å². The van der Waals surface area contributed by atoms with Crippen LogP contribution in [0, 0.1) is 0 Å². The number of amides is 1. The van der Waals surface area contributed by atoms with E-state index in [1.165, 1.54) is 11.3 Å². The number of hydrogen-bond acceptors (Lipinski definition) is 4. The first-order chi connectivity index (χ1) is 11.7. The smallest absolute Gasteiger partial charge is 0.230 e. The average molecular weight is 375 g/mol. The van der Waals surface area contributed by atoms with Crippen molar-refractivity contribution in [2.24, 2.45) is 0 Å². The van der Waals surface area contributed by atoms with Gasteiger partial charge in [-0.1, -0.05) is 29.8 Å². The van der Waals surface area contributed by atoms with E-state index in [9.17, 15) is 4.79 Å². The molecule has 0 atom stereocenters. The topological polar surface area (TPSA) is 42.0 Å². The Bertz CT molecular complexity index is 846. The molecule has 6 heteroatoms. The molecule has 0 radical (unpaired) electrons. The molecule has 0 aliphatic heterocycles. The van der Waals surface area contributed by atoms with Gasteiger partial charge >= 0.3 is 0 Å². The van der Waals surface area contributed by atoms with Crippen LogP contribution in [0.2, 0.25) is 5.02 Å². The molecule has 0 aliphatic rings. The Kier molecular flexibility index (Phi) is 5.56. The van der Waals surface area contributed by atoms with Gasteiger partial charge < -0.3 is 5.32 Å². The maximum Gasteiger partial charge on any atom is 0.230 e. The molecular weight excluding hydrogens is 360 g/mol. The van der Waals surface area contributed by atoms with Crippen molar-refractivity contribution in [1.82, 2.24) is 4.98 Å². The van der Waals surface area contributed by atoms with E-state index in [1.807, 2.05) is 60.2 Å². The predicted molar refractivity (Wildman–Crippen MR) is 103 cm³/mol. The van der Waals surface area contributed by atoms with Crippen LogP contribution in [0.25, 0.3) is 10.6 Å². The summed E-state index contributed by atoms with van der Waals surface area (Å²) in [5, 5.41) is 6.28. The van der Waals surface area contributed by atoms with E-state index in [2.05, 4.69) is 10.3 Å². The zero-order valence-electron chi connectivity index (χ0n) is 13.0. The van der Waals surface area contributed by atoms with Crippen molar-refractivity contribution in [3.05, 3.63) is 64.6 Å². The molecule has 0 bridgehead atoms. The maximum atomic E-state index is 12.2. The van der Waals surface area contributed by atoms with E-state index in [1.54, 1.807) is 11.8 Å². The number of aromatic nitrogens is 1. The summed E-state index contributed by atoms with van der Waals surface area (Å²) >= 11 is 9.35. The molecule has 122 valence electrons. The molecule has 0 saturated carbocycles. The quantitative estimate of drug-likeness (QED) is 0.610. The van der Waals surface area contributed by atoms with Crippen molar-refractivity contribution >= 4 is 46.3 Å². The number of anilines is 1. The Labute approximate surface area is 154 Å².